The quantitative estimate of drug-likeness (QED) is 0.690. The summed E-state index contributed by atoms with van der Waals surface area (Å²) < 4.78 is 7.71. The Balaban J connectivity index is 1.42. The molecule has 1 aliphatic heterocycles. The summed E-state index contributed by atoms with van der Waals surface area (Å²) in [4.78, 5) is 2.43. The summed E-state index contributed by atoms with van der Waals surface area (Å²) >= 11 is 1.69. The highest BCUT2D eigenvalue weighted by Gasteiger charge is 2.21. The number of likely N-dealkylation sites (N-methyl/N-ethyl adjacent to an activating group) is 1. The monoisotopic (exact) mass is 312 g/mol. The Bertz CT molecular complexity index is 438. The van der Waals surface area contributed by atoms with Crippen LogP contribution in [0.5, 0.6) is 0 Å². The van der Waals surface area contributed by atoms with Crippen LogP contribution >= 0.6 is 11.8 Å². The molecule has 0 aromatic carbocycles. The van der Waals surface area contributed by atoms with Crippen LogP contribution < -0.4 is 5.32 Å². The van der Waals surface area contributed by atoms with E-state index >= 15 is 0 Å². The van der Waals surface area contributed by atoms with Gasteiger partial charge in [0.2, 0.25) is 5.16 Å². The van der Waals surface area contributed by atoms with Crippen molar-refractivity contribution in [2.45, 2.75) is 43.6 Å². The van der Waals surface area contributed by atoms with Gasteiger partial charge in [-0.1, -0.05) is 18.7 Å². The number of morpholine rings is 1. The van der Waals surface area contributed by atoms with E-state index in [0.29, 0.717) is 0 Å². The zero-order valence-corrected chi connectivity index (χ0v) is 13.4. The molecule has 118 valence electrons. The molecular weight excluding hydrogens is 288 g/mol. The molecule has 3 rings (SSSR count). The van der Waals surface area contributed by atoms with Crippen LogP contribution in [-0.4, -0.2) is 75.8 Å². The van der Waals surface area contributed by atoms with Crippen LogP contribution in [-0.2, 0) is 11.3 Å². The molecular formula is C13H24N6OS. The van der Waals surface area contributed by atoms with Crippen molar-refractivity contribution in [3.63, 3.8) is 0 Å². The molecule has 8 heteroatoms. The van der Waals surface area contributed by atoms with E-state index in [9.17, 15) is 0 Å². The van der Waals surface area contributed by atoms with Crippen molar-refractivity contribution < 1.29 is 4.74 Å². The standard InChI is InChI=1S/C13H24N6OS/c1-2-18-7-8-20-12(9-18)10-21-13-15-16-17-19(13)6-5-14-11-3-4-11/h11-12,14H,2-10H2,1H3. The molecule has 1 aromatic rings. The lowest BCUT2D eigenvalue weighted by Crippen LogP contribution is -2.43. The predicted octanol–water partition coefficient (Wildman–Crippen LogP) is 0.238. The lowest BCUT2D eigenvalue weighted by molar-refractivity contribution is -0.0137. The first-order chi connectivity index (χ1) is 10.3. The number of nitrogens with one attached hydrogen (secondary N) is 1. The van der Waals surface area contributed by atoms with Gasteiger partial charge in [0.25, 0.3) is 0 Å². The van der Waals surface area contributed by atoms with Crippen molar-refractivity contribution in [1.29, 1.82) is 0 Å². The average molecular weight is 312 g/mol. The second kappa shape index (κ2) is 7.53. The number of nitrogens with zero attached hydrogens (tertiary/aromatic N) is 5. The third-order valence-electron chi connectivity index (χ3n) is 3.90. The minimum absolute atomic E-state index is 0.276. The second-order valence-corrected chi connectivity index (χ2v) is 6.60. The van der Waals surface area contributed by atoms with Crippen LogP contribution in [0.3, 0.4) is 0 Å². The van der Waals surface area contributed by atoms with E-state index in [1.54, 1.807) is 11.8 Å². The SMILES string of the molecule is CCN1CCOC(CSc2nnnn2CCNC2CC2)C1. The molecule has 2 heterocycles. The van der Waals surface area contributed by atoms with Gasteiger partial charge in [-0.15, -0.1) is 5.10 Å². The Labute approximate surface area is 129 Å². The van der Waals surface area contributed by atoms with Gasteiger partial charge in [0.1, 0.15) is 0 Å². The zero-order chi connectivity index (χ0) is 14.5. The van der Waals surface area contributed by atoms with Gasteiger partial charge in [-0.25, -0.2) is 4.68 Å². The topological polar surface area (TPSA) is 68.1 Å². The summed E-state index contributed by atoms with van der Waals surface area (Å²) in [7, 11) is 0. The van der Waals surface area contributed by atoms with Crippen LogP contribution in [0.1, 0.15) is 19.8 Å². The number of hydrogen-bond donors (Lipinski definition) is 1. The lowest BCUT2D eigenvalue weighted by Gasteiger charge is -2.31. The molecule has 1 aliphatic carbocycles. The molecule has 0 bridgehead atoms. The summed E-state index contributed by atoms with van der Waals surface area (Å²) in [5.41, 5.74) is 0. The maximum atomic E-state index is 5.82. The highest BCUT2D eigenvalue weighted by molar-refractivity contribution is 7.99. The van der Waals surface area contributed by atoms with Gasteiger partial charge in [0.05, 0.1) is 19.3 Å². The minimum Gasteiger partial charge on any atom is -0.375 e. The first-order valence-electron chi connectivity index (χ1n) is 7.81. The Morgan fingerprint density at radius 1 is 1.43 bits per heavy atom. The number of aromatic nitrogens is 4. The summed E-state index contributed by atoms with van der Waals surface area (Å²) in [5, 5.41) is 16.4. The number of ether oxygens (including phenoxy) is 1. The summed E-state index contributed by atoms with van der Waals surface area (Å²) in [6.45, 7) is 7.94. The molecule has 1 atom stereocenters. The van der Waals surface area contributed by atoms with E-state index in [2.05, 4.69) is 32.7 Å². The van der Waals surface area contributed by atoms with E-state index in [-0.39, 0.29) is 6.10 Å². The molecule has 1 aromatic heterocycles. The van der Waals surface area contributed by atoms with Crippen molar-refractivity contribution in [2.24, 2.45) is 0 Å². The van der Waals surface area contributed by atoms with Crippen LogP contribution in [0.15, 0.2) is 5.16 Å². The van der Waals surface area contributed by atoms with Crippen molar-refractivity contribution in [3.8, 4) is 0 Å². The summed E-state index contributed by atoms with van der Waals surface area (Å²) in [5.74, 6) is 0.910. The van der Waals surface area contributed by atoms with Gasteiger partial charge < -0.3 is 10.1 Å². The number of tetrazole rings is 1. The molecule has 2 fully saturated rings. The van der Waals surface area contributed by atoms with Gasteiger partial charge >= 0.3 is 0 Å². The fourth-order valence-corrected chi connectivity index (χ4v) is 3.35. The number of rotatable bonds is 8. The molecule has 2 aliphatic rings. The van der Waals surface area contributed by atoms with Gasteiger partial charge in [-0.2, -0.15) is 0 Å². The Morgan fingerprint density at radius 2 is 2.33 bits per heavy atom. The van der Waals surface area contributed by atoms with E-state index in [0.717, 1.165) is 56.3 Å². The van der Waals surface area contributed by atoms with E-state index in [1.807, 2.05) is 4.68 Å². The zero-order valence-electron chi connectivity index (χ0n) is 12.6. The second-order valence-electron chi connectivity index (χ2n) is 5.61. The average Bonchev–Trinajstić information content (AvgIpc) is 3.23. The van der Waals surface area contributed by atoms with Crippen molar-refractivity contribution >= 4 is 11.8 Å². The predicted molar refractivity (Wildman–Crippen MR) is 81.4 cm³/mol. The highest BCUT2D eigenvalue weighted by Crippen LogP contribution is 2.19. The third kappa shape index (κ3) is 4.64. The molecule has 1 unspecified atom stereocenters. The Morgan fingerprint density at radius 3 is 3.14 bits per heavy atom. The van der Waals surface area contributed by atoms with Crippen LogP contribution in [0.25, 0.3) is 0 Å². The van der Waals surface area contributed by atoms with Crippen LogP contribution in [0.2, 0.25) is 0 Å². The maximum absolute atomic E-state index is 5.82. The molecule has 0 amide bonds. The van der Waals surface area contributed by atoms with Gasteiger partial charge in [0.15, 0.2) is 0 Å². The van der Waals surface area contributed by atoms with Crippen LogP contribution in [0.4, 0.5) is 0 Å². The minimum atomic E-state index is 0.276. The molecule has 1 saturated heterocycles. The van der Waals surface area contributed by atoms with Gasteiger partial charge in [-0.3, -0.25) is 4.90 Å². The third-order valence-corrected chi connectivity index (χ3v) is 4.99. The molecule has 7 nitrogen and oxygen atoms in total. The van der Waals surface area contributed by atoms with Gasteiger partial charge in [0, 0.05) is 31.4 Å². The molecule has 1 saturated carbocycles. The van der Waals surface area contributed by atoms with Gasteiger partial charge in [-0.05, 0) is 29.8 Å². The van der Waals surface area contributed by atoms with Crippen LogP contribution in [0, 0.1) is 0 Å². The Kier molecular flexibility index (Phi) is 5.45. The smallest absolute Gasteiger partial charge is 0.209 e. The molecule has 0 radical (unpaired) electrons. The first kappa shape index (κ1) is 15.2. The molecule has 0 spiro atoms. The van der Waals surface area contributed by atoms with E-state index in [4.69, 9.17) is 4.74 Å². The fraction of sp³-hybridized carbons (Fsp3) is 0.923. The number of hydrogen-bond acceptors (Lipinski definition) is 7. The normalized spacial score (nSPS) is 23.6. The largest absolute Gasteiger partial charge is 0.375 e. The lowest BCUT2D eigenvalue weighted by atomic mass is 10.3. The molecule has 1 N–H and O–H groups in total. The maximum Gasteiger partial charge on any atom is 0.209 e. The summed E-state index contributed by atoms with van der Waals surface area (Å²) in [6, 6.07) is 0.730. The van der Waals surface area contributed by atoms with Crippen molar-refractivity contribution in [1.82, 2.24) is 30.4 Å². The first-order valence-corrected chi connectivity index (χ1v) is 8.80. The Hall–Kier alpha value is -0.700. The fourth-order valence-electron chi connectivity index (χ4n) is 2.44. The number of thioether (sulfide) groups is 1. The van der Waals surface area contributed by atoms with Crippen molar-refractivity contribution in [2.75, 3.05) is 38.5 Å². The molecule has 21 heavy (non-hydrogen) atoms. The summed E-state index contributed by atoms with van der Waals surface area (Å²) in [6.07, 6.45) is 2.90. The highest BCUT2D eigenvalue weighted by atomic mass is 32.2. The van der Waals surface area contributed by atoms with Crippen molar-refractivity contribution in [3.05, 3.63) is 0 Å². The van der Waals surface area contributed by atoms with E-state index < -0.39 is 0 Å². The van der Waals surface area contributed by atoms with E-state index in [1.165, 1.54) is 12.8 Å².